The van der Waals surface area contributed by atoms with Crippen molar-refractivity contribution in [2.75, 3.05) is 4.90 Å². The van der Waals surface area contributed by atoms with Crippen molar-refractivity contribution in [3.8, 4) is 16.8 Å². The molecule has 0 fully saturated rings. The molecule has 0 radical (unpaired) electrons. The van der Waals surface area contributed by atoms with Crippen LogP contribution in [0.1, 0.15) is 0 Å². The molecular weight excluding hydrogens is 567 g/mol. The molecule has 0 atom stereocenters. The third kappa shape index (κ3) is 4.30. The van der Waals surface area contributed by atoms with Crippen molar-refractivity contribution in [1.82, 2.24) is 9.55 Å². The first-order valence-corrected chi connectivity index (χ1v) is 15.9. The zero-order chi connectivity index (χ0) is 29.7. The zero-order valence-electron chi connectivity index (χ0n) is 24.3. The molecule has 45 heavy (non-hydrogen) atoms. The fourth-order valence-corrected chi connectivity index (χ4v) is 7.69. The standard InChI is InChI=1S/C41H27N3S/c1-3-11-30(12-4-1)43(41-17-9-10-24-42-41)32-20-23-39-36(27-32)34-21-18-29(26-40(34)45-39)28-19-22-38-35(25-28)33-15-7-8-16-37(33)44(38)31-13-5-2-6-14-31/h1-27H. The van der Waals surface area contributed by atoms with E-state index in [1.165, 1.54) is 58.8 Å². The predicted octanol–water partition coefficient (Wildman–Crippen LogP) is 11.7. The molecule has 0 bridgehead atoms. The number of aromatic nitrogens is 2. The lowest BCUT2D eigenvalue weighted by molar-refractivity contribution is 1.18. The van der Waals surface area contributed by atoms with Crippen LogP contribution in [-0.2, 0) is 0 Å². The average molecular weight is 594 g/mol. The number of para-hydroxylation sites is 3. The number of hydrogen-bond acceptors (Lipinski definition) is 3. The van der Waals surface area contributed by atoms with Gasteiger partial charge >= 0.3 is 0 Å². The molecule has 0 N–H and O–H groups in total. The molecule has 0 amide bonds. The van der Waals surface area contributed by atoms with Gasteiger partial charge in [-0.15, -0.1) is 11.3 Å². The lowest BCUT2D eigenvalue weighted by Crippen LogP contribution is -2.11. The summed E-state index contributed by atoms with van der Waals surface area (Å²) in [5.41, 5.74) is 8.25. The fraction of sp³-hybridized carbons (Fsp3) is 0. The Morgan fingerprint density at radius 2 is 1.20 bits per heavy atom. The average Bonchev–Trinajstić information content (AvgIpc) is 3.64. The zero-order valence-corrected chi connectivity index (χ0v) is 25.2. The number of anilines is 3. The second-order valence-corrected chi connectivity index (χ2v) is 12.4. The molecule has 0 aliphatic heterocycles. The van der Waals surface area contributed by atoms with E-state index in [-0.39, 0.29) is 0 Å². The van der Waals surface area contributed by atoms with Crippen molar-refractivity contribution in [3.05, 3.63) is 164 Å². The van der Waals surface area contributed by atoms with E-state index in [1.54, 1.807) is 0 Å². The maximum atomic E-state index is 4.69. The highest BCUT2D eigenvalue weighted by Gasteiger charge is 2.17. The Balaban J connectivity index is 1.16. The van der Waals surface area contributed by atoms with Crippen LogP contribution >= 0.6 is 11.3 Å². The molecule has 3 heterocycles. The van der Waals surface area contributed by atoms with Gasteiger partial charge in [-0.2, -0.15) is 0 Å². The second-order valence-electron chi connectivity index (χ2n) is 11.3. The number of fused-ring (bicyclic) bond motifs is 6. The highest BCUT2D eigenvalue weighted by atomic mass is 32.1. The van der Waals surface area contributed by atoms with Gasteiger partial charge in [-0.25, -0.2) is 4.98 Å². The quantitative estimate of drug-likeness (QED) is 0.198. The van der Waals surface area contributed by atoms with Crippen LogP contribution in [0.3, 0.4) is 0 Å². The van der Waals surface area contributed by atoms with Crippen molar-refractivity contribution in [2.24, 2.45) is 0 Å². The van der Waals surface area contributed by atoms with Crippen molar-refractivity contribution in [2.45, 2.75) is 0 Å². The second kappa shape index (κ2) is 10.5. The van der Waals surface area contributed by atoms with Gasteiger partial charge < -0.3 is 4.57 Å². The summed E-state index contributed by atoms with van der Waals surface area (Å²) in [4.78, 5) is 6.91. The third-order valence-corrected chi connectivity index (χ3v) is 9.76. The van der Waals surface area contributed by atoms with Crippen LogP contribution in [0.2, 0.25) is 0 Å². The third-order valence-electron chi connectivity index (χ3n) is 8.63. The Morgan fingerprint density at radius 3 is 2.04 bits per heavy atom. The van der Waals surface area contributed by atoms with Crippen LogP contribution in [-0.4, -0.2) is 9.55 Å². The molecule has 0 saturated heterocycles. The molecule has 0 aliphatic rings. The van der Waals surface area contributed by atoms with Gasteiger partial charge in [0, 0.05) is 54.2 Å². The molecule has 0 saturated carbocycles. The van der Waals surface area contributed by atoms with Crippen LogP contribution in [0.4, 0.5) is 17.2 Å². The predicted molar refractivity (Wildman–Crippen MR) is 192 cm³/mol. The van der Waals surface area contributed by atoms with Crippen molar-refractivity contribution >= 4 is 70.5 Å². The van der Waals surface area contributed by atoms with Crippen molar-refractivity contribution in [3.63, 3.8) is 0 Å². The smallest absolute Gasteiger partial charge is 0.137 e. The number of pyridine rings is 1. The summed E-state index contributed by atoms with van der Waals surface area (Å²) in [6.45, 7) is 0. The van der Waals surface area contributed by atoms with Crippen LogP contribution < -0.4 is 4.90 Å². The first-order chi connectivity index (χ1) is 22.3. The first kappa shape index (κ1) is 25.8. The van der Waals surface area contributed by atoms with Gasteiger partial charge in [-0.05, 0) is 90.0 Å². The van der Waals surface area contributed by atoms with E-state index in [1.807, 2.05) is 35.7 Å². The van der Waals surface area contributed by atoms with Crippen LogP contribution in [0.15, 0.2) is 164 Å². The summed E-state index contributed by atoms with van der Waals surface area (Å²) in [5, 5.41) is 5.07. The summed E-state index contributed by atoms with van der Waals surface area (Å²) in [5.74, 6) is 0.897. The summed E-state index contributed by atoms with van der Waals surface area (Å²) in [7, 11) is 0. The Kier molecular flexibility index (Phi) is 6.00. The molecule has 0 spiro atoms. The van der Waals surface area contributed by atoms with Crippen LogP contribution in [0.25, 0.3) is 58.8 Å². The minimum atomic E-state index is 0.897. The van der Waals surface area contributed by atoms with Crippen molar-refractivity contribution < 1.29 is 0 Å². The van der Waals surface area contributed by atoms with Gasteiger partial charge in [0.05, 0.1) is 11.0 Å². The Hall–Kier alpha value is -5.71. The fourth-order valence-electron chi connectivity index (χ4n) is 6.57. The maximum Gasteiger partial charge on any atom is 0.137 e. The monoisotopic (exact) mass is 593 g/mol. The first-order valence-electron chi connectivity index (χ1n) is 15.1. The maximum absolute atomic E-state index is 4.69. The number of thiophene rings is 1. The number of benzene rings is 6. The Labute approximate surface area is 264 Å². The molecule has 3 nitrogen and oxygen atoms in total. The lowest BCUT2D eigenvalue weighted by atomic mass is 10.0. The van der Waals surface area contributed by atoms with Gasteiger partial charge in [-0.1, -0.05) is 78.9 Å². The van der Waals surface area contributed by atoms with E-state index in [9.17, 15) is 0 Å². The van der Waals surface area contributed by atoms with E-state index in [0.717, 1.165) is 17.2 Å². The lowest BCUT2D eigenvalue weighted by Gasteiger charge is -2.24. The minimum absolute atomic E-state index is 0.897. The molecule has 6 aromatic carbocycles. The van der Waals surface area contributed by atoms with Gasteiger partial charge in [0.1, 0.15) is 5.82 Å². The highest BCUT2D eigenvalue weighted by Crippen LogP contribution is 2.42. The van der Waals surface area contributed by atoms with Crippen LogP contribution in [0, 0.1) is 0 Å². The summed E-state index contributed by atoms with van der Waals surface area (Å²) < 4.78 is 4.93. The molecule has 9 aromatic rings. The number of nitrogens with zero attached hydrogens (tertiary/aromatic N) is 3. The minimum Gasteiger partial charge on any atom is -0.309 e. The molecule has 3 aromatic heterocycles. The summed E-state index contributed by atoms with van der Waals surface area (Å²) in [6.07, 6.45) is 1.85. The van der Waals surface area contributed by atoms with Gasteiger partial charge in [0.2, 0.25) is 0 Å². The molecule has 0 aliphatic carbocycles. The van der Waals surface area contributed by atoms with Gasteiger partial charge in [-0.3, -0.25) is 4.90 Å². The van der Waals surface area contributed by atoms with E-state index < -0.39 is 0 Å². The van der Waals surface area contributed by atoms with Crippen LogP contribution in [0.5, 0.6) is 0 Å². The normalized spacial score (nSPS) is 11.6. The van der Waals surface area contributed by atoms with E-state index in [4.69, 9.17) is 4.98 Å². The SMILES string of the molecule is c1ccc(N(c2ccc3sc4cc(-c5ccc6c(c5)c5ccccc5n6-c5ccccc5)ccc4c3c2)c2ccccn2)cc1. The number of rotatable bonds is 5. The molecular formula is C41H27N3S. The summed E-state index contributed by atoms with van der Waals surface area (Å²) >= 11 is 1.85. The molecule has 9 rings (SSSR count). The number of hydrogen-bond donors (Lipinski definition) is 0. The van der Waals surface area contributed by atoms with E-state index >= 15 is 0 Å². The topological polar surface area (TPSA) is 21.1 Å². The Bertz CT molecular complexity index is 2440. The molecule has 4 heteroatoms. The van der Waals surface area contributed by atoms with E-state index in [2.05, 4.69) is 149 Å². The molecule has 212 valence electrons. The highest BCUT2D eigenvalue weighted by molar-refractivity contribution is 7.25. The Morgan fingerprint density at radius 1 is 0.467 bits per heavy atom. The van der Waals surface area contributed by atoms with Gasteiger partial charge in [0.15, 0.2) is 0 Å². The molecule has 0 unspecified atom stereocenters. The largest absolute Gasteiger partial charge is 0.309 e. The summed E-state index contributed by atoms with van der Waals surface area (Å²) in [6, 6.07) is 56.4. The van der Waals surface area contributed by atoms with Gasteiger partial charge in [0.25, 0.3) is 0 Å². The van der Waals surface area contributed by atoms with Crippen molar-refractivity contribution in [1.29, 1.82) is 0 Å². The van der Waals surface area contributed by atoms with E-state index in [0.29, 0.717) is 0 Å².